The molecule has 0 amide bonds. The number of hydrogen-bond acceptors (Lipinski definition) is 3. The number of nitrogens with one attached hydrogen (secondary N) is 1. The van der Waals surface area contributed by atoms with Crippen LogP contribution in [0.5, 0.6) is 0 Å². The number of benzene rings is 2. The van der Waals surface area contributed by atoms with Crippen LogP contribution in [0.25, 0.3) is 21.6 Å². The maximum absolute atomic E-state index is 5.92. The first kappa shape index (κ1) is 16.0. The fraction of sp³-hybridized carbons (Fsp3) is 0.133. The van der Waals surface area contributed by atoms with Gasteiger partial charge in [-0.15, -0.1) is 24.0 Å². The first-order valence-electron chi connectivity index (χ1n) is 6.79. The zero-order valence-electron chi connectivity index (χ0n) is 12.2. The average Bonchev–Trinajstić information content (AvgIpc) is 3.17. The van der Waals surface area contributed by atoms with E-state index in [0.29, 0.717) is 6.00 Å². The van der Waals surface area contributed by atoms with Crippen LogP contribution >= 0.6 is 35.3 Å². The summed E-state index contributed by atoms with van der Waals surface area (Å²) in [6, 6.07) is 14.6. The van der Waals surface area contributed by atoms with Gasteiger partial charge in [0.05, 0.1) is 17.4 Å². The van der Waals surface area contributed by atoms with Gasteiger partial charge in [-0.2, -0.15) is 5.10 Å². The van der Waals surface area contributed by atoms with Gasteiger partial charge in [-0.05, 0) is 40.6 Å². The predicted octanol–water partition coefficient (Wildman–Crippen LogP) is 3.28. The molecule has 2 aliphatic rings. The summed E-state index contributed by atoms with van der Waals surface area (Å²) in [7, 11) is 2.02. The molecule has 1 aliphatic heterocycles. The first-order chi connectivity index (χ1) is 10.8. The van der Waals surface area contributed by atoms with E-state index < -0.39 is 0 Å². The van der Waals surface area contributed by atoms with Crippen LogP contribution in [0.1, 0.15) is 0 Å². The Morgan fingerprint density at radius 3 is 2.87 bits per heavy atom. The van der Waals surface area contributed by atoms with Crippen LogP contribution in [-0.4, -0.2) is 27.0 Å². The highest BCUT2D eigenvalue weighted by Gasteiger charge is 2.16. The second kappa shape index (κ2) is 6.31. The van der Waals surface area contributed by atoms with Gasteiger partial charge in [0, 0.05) is 6.07 Å². The van der Waals surface area contributed by atoms with E-state index in [2.05, 4.69) is 32.0 Å². The standard InChI is InChI=1S/C15H12ClN5S.ClH/c1-20(15-17-12-4-2-3-5-14(12)22-15)10-6-7-11-13(8-10)21(9-16)19-18-11;/h2-8H,9H2,1H3;1H/p+1. The van der Waals surface area contributed by atoms with Crippen molar-refractivity contribution in [2.24, 2.45) is 0 Å². The maximum Gasteiger partial charge on any atom is 0.383 e. The number of para-hydroxylation sites is 1. The molecule has 2 aromatic rings. The van der Waals surface area contributed by atoms with Crippen molar-refractivity contribution in [3.8, 4) is 11.4 Å². The molecular formula is C15H14Cl2N5S+. The van der Waals surface area contributed by atoms with E-state index in [1.54, 1.807) is 16.0 Å². The van der Waals surface area contributed by atoms with E-state index in [9.17, 15) is 0 Å². The van der Waals surface area contributed by atoms with Gasteiger partial charge in [0.2, 0.25) is 0 Å². The minimum absolute atomic E-state index is 0. The lowest BCUT2D eigenvalue weighted by Crippen LogP contribution is -2.21. The highest BCUT2D eigenvalue weighted by molar-refractivity contribution is 7.21. The molecule has 1 aromatic carbocycles. The van der Waals surface area contributed by atoms with Crippen molar-refractivity contribution in [2.45, 2.75) is 6.00 Å². The summed E-state index contributed by atoms with van der Waals surface area (Å²) in [5.74, 6) is 0. The van der Waals surface area contributed by atoms with Crippen LogP contribution in [0.15, 0.2) is 42.5 Å². The lowest BCUT2D eigenvalue weighted by Gasteiger charge is -2.00. The summed E-state index contributed by atoms with van der Waals surface area (Å²) in [6.45, 7) is 0. The molecule has 118 valence electrons. The molecule has 1 aliphatic carbocycles. The molecule has 1 aromatic heterocycles. The van der Waals surface area contributed by atoms with Crippen LogP contribution < -0.4 is 9.93 Å². The average molecular weight is 367 g/mol. The number of halogens is 2. The number of thiazole rings is 1. The number of aromatic nitrogens is 4. The second-order valence-electron chi connectivity index (χ2n) is 4.96. The molecule has 0 atom stereocenters. The molecule has 1 N–H and O–H groups in total. The van der Waals surface area contributed by atoms with Crippen molar-refractivity contribution < 1.29 is 0 Å². The van der Waals surface area contributed by atoms with Gasteiger partial charge < -0.3 is 0 Å². The van der Waals surface area contributed by atoms with Crippen molar-refractivity contribution in [1.82, 2.24) is 24.6 Å². The van der Waals surface area contributed by atoms with Gasteiger partial charge in [-0.3, -0.25) is 4.68 Å². The van der Waals surface area contributed by atoms with Gasteiger partial charge in [-0.25, -0.2) is 9.79 Å². The van der Waals surface area contributed by atoms with E-state index in [0.717, 1.165) is 27.4 Å². The van der Waals surface area contributed by atoms with E-state index in [-0.39, 0.29) is 12.4 Å². The van der Waals surface area contributed by atoms with E-state index >= 15 is 0 Å². The van der Waals surface area contributed by atoms with Crippen LogP contribution in [0, 0.1) is 0 Å². The normalized spacial score (nSPS) is 12.4. The molecule has 8 heteroatoms. The maximum atomic E-state index is 5.92. The second-order valence-corrected chi connectivity index (χ2v) is 6.20. The molecule has 23 heavy (non-hydrogen) atoms. The molecule has 2 heterocycles. The smallest absolute Gasteiger partial charge is 0.255 e. The summed E-state index contributed by atoms with van der Waals surface area (Å²) in [5.41, 5.74) is 2.89. The topological polar surface area (TPSA) is 49.5 Å². The van der Waals surface area contributed by atoms with Gasteiger partial charge >= 0.3 is 5.13 Å². The largest absolute Gasteiger partial charge is 0.383 e. The van der Waals surface area contributed by atoms with Crippen molar-refractivity contribution in [3.05, 3.63) is 47.8 Å². The number of fused-ring (bicyclic) bond motifs is 2. The van der Waals surface area contributed by atoms with Crippen LogP contribution in [-0.2, 0) is 6.00 Å². The van der Waals surface area contributed by atoms with Crippen molar-refractivity contribution in [1.29, 1.82) is 0 Å². The lowest BCUT2D eigenvalue weighted by molar-refractivity contribution is 0.706. The minimum atomic E-state index is 0. The number of hydrogen-bond donors (Lipinski definition) is 1. The van der Waals surface area contributed by atoms with Gasteiger partial charge in [0.15, 0.2) is 5.52 Å². The highest BCUT2D eigenvalue weighted by atomic mass is 35.5. The molecule has 0 radical (unpaired) electrons. The summed E-state index contributed by atoms with van der Waals surface area (Å²) in [4.78, 5) is 4.69. The highest BCUT2D eigenvalue weighted by Crippen LogP contribution is 2.25. The Balaban J connectivity index is 0.00000156. The molecule has 0 bridgehead atoms. The Hall–Kier alpha value is -1.89. The Kier molecular flexibility index (Phi) is 4.39. The van der Waals surface area contributed by atoms with Gasteiger partial charge in [-0.1, -0.05) is 12.1 Å². The fourth-order valence-electron chi connectivity index (χ4n) is 2.40. The van der Waals surface area contributed by atoms with Crippen LogP contribution in [0.2, 0.25) is 0 Å². The molecular weight excluding hydrogens is 353 g/mol. The van der Waals surface area contributed by atoms with Gasteiger partial charge in [0.1, 0.15) is 17.1 Å². The number of rotatable bonds is 2. The number of alkyl halides is 1. The Bertz CT molecular complexity index is 967. The van der Waals surface area contributed by atoms with Crippen molar-refractivity contribution in [3.63, 3.8) is 0 Å². The first-order valence-corrected chi connectivity index (χ1v) is 8.14. The number of H-pyrrole nitrogens is 1. The molecule has 0 saturated heterocycles. The number of nitrogens with zero attached hydrogens (tertiary/aromatic N) is 4. The molecule has 0 saturated carbocycles. The van der Waals surface area contributed by atoms with Crippen LogP contribution in [0.4, 0.5) is 5.13 Å². The van der Waals surface area contributed by atoms with Crippen LogP contribution in [0.3, 0.4) is 0 Å². The fourth-order valence-corrected chi connectivity index (χ4v) is 3.53. The monoisotopic (exact) mass is 366 g/mol. The van der Waals surface area contributed by atoms with Gasteiger partial charge in [0.25, 0.3) is 0 Å². The van der Waals surface area contributed by atoms with Crippen molar-refractivity contribution >= 4 is 50.7 Å². The zero-order valence-corrected chi connectivity index (χ0v) is 14.6. The van der Waals surface area contributed by atoms with E-state index in [1.165, 1.54) is 4.70 Å². The third-order valence-electron chi connectivity index (χ3n) is 3.62. The minimum Gasteiger partial charge on any atom is -0.255 e. The summed E-state index contributed by atoms with van der Waals surface area (Å²) >= 11 is 7.59. The third kappa shape index (κ3) is 2.73. The molecule has 5 nitrogen and oxygen atoms in total. The molecule has 0 fully saturated rings. The summed E-state index contributed by atoms with van der Waals surface area (Å²) in [5, 5.41) is 9.12. The number of aromatic amines is 1. The third-order valence-corrected chi connectivity index (χ3v) is 4.97. The SMILES string of the molecule is C[N+](c1nc2ccccc2s1)=c1ccc2n[nH]n(CCl)c-2c1.Cl. The predicted molar refractivity (Wildman–Crippen MR) is 96.8 cm³/mol. The van der Waals surface area contributed by atoms with Crippen molar-refractivity contribution in [2.75, 3.05) is 7.05 Å². The molecule has 0 spiro atoms. The molecule has 0 unspecified atom stereocenters. The zero-order chi connectivity index (χ0) is 15.1. The Morgan fingerprint density at radius 2 is 2.09 bits per heavy atom. The lowest BCUT2D eigenvalue weighted by atomic mass is 10.2. The Morgan fingerprint density at radius 1 is 1.26 bits per heavy atom. The molecule has 4 rings (SSSR count). The van der Waals surface area contributed by atoms with E-state index in [1.807, 2.05) is 37.4 Å². The Labute approximate surface area is 147 Å². The summed E-state index contributed by atoms with van der Waals surface area (Å²) in [6.07, 6.45) is 0. The summed E-state index contributed by atoms with van der Waals surface area (Å²) < 4.78 is 5.06. The van der Waals surface area contributed by atoms with E-state index in [4.69, 9.17) is 11.6 Å². The quantitative estimate of drug-likeness (QED) is 0.437.